The zero-order chi connectivity index (χ0) is 13.8. The van der Waals surface area contributed by atoms with Crippen molar-refractivity contribution in [1.82, 2.24) is 24.9 Å². The summed E-state index contributed by atoms with van der Waals surface area (Å²) >= 11 is 3.31. The largest absolute Gasteiger partial charge is 0.351 e. The Kier molecular flexibility index (Phi) is 4.36. The van der Waals surface area contributed by atoms with Crippen LogP contribution in [0.5, 0.6) is 0 Å². The Morgan fingerprint density at radius 2 is 2.32 bits per heavy atom. The lowest BCUT2D eigenvalue weighted by Gasteiger charge is -2.05. The highest BCUT2D eigenvalue weighted by Crippen LogP contribution is 2.13. The van der Waals surface area contributed by atoms with Crippen LogP contribution in [0.25, 0.3) is 0 Å². The van der Waals surface area contributed by atoms with Gasteiger partial charge in [0.15, 0.2) is 5.69 Å². The summed E-state index contributed by atoms with van der Waals surface area (Å²) in [6, 6.07) is 1.96. The molecule has 19 heavy (non-hydrogen) atoms. The van der Waals surface area contributed by atoms with Crippen LogP contribution in [0.1, 0.15) is 22.6 Å². The Labute approximate surface area is 119 Å². The van der Waals surface area contributed by atoms with Crippen LogP contribution in [0.15, 0.2) is 22.9 Å². The van der Waals surface area contributed by atoms with Crippen LogP contribution in [0, 0.1) is 6.92 Å². The van der Waals surface area contributed by atoms with Crippen molar-refractivity contribution in [3.63, 3.8) is 0 Å². The van der Waals surface area contributed by atoms with Crippen molar-refractivity contribution in [3.8, 4) is 0 Å². The normalized spacial score (nSPS) is 10.7. The molecule has 0 unspecified atom stereocenters. The number of nitrogens with zero attached hydrogens (tertiary/aromatic N) is 4. The molecule has 2 aromatic rings. The van der Waals surface area contributed by atoms with Gasteiger partial charge in [0.2, 0.25) is 0 Å². The molecule has 0 aliphatic heterocycles. The Balaban J connectivity index is 1.78. The molecule has 6 nitrogen and oxygen atoms in total. The van der Waals surface area contributed by atoms with E-state index in [-0.39, 0.29) is 5.91 Å². The number of nitrogens with one attached hydrogen (secondary N) is 1. The van der Waals surface area contributed by atoms with Crippen LogP contribution in [0.3, 0.4) is 0 Å². The molecular formula is C12H16BrN5O. The van der Waals surface area contributed by atoms with Gasteiger partial charge in [0.05, 0.1) is 4.47 Å². The van der Waals surface area contributed by atoms with Crippen molar-refractivity contribution in [2.45, 2.75) is 19.9 Å². The summed E-state index contributed by atoms with van der Waals surface area (Å²) in [4.78, 5) is 11.9. The molecule has 0 saturated carbocycles. The fraction of sp³-hybridized carbons (Fsp3) is 0.417. The van der Waals surface area contributed by atoms with Gasteiger partial charge >= 0.3 is 0 Å². The summed E-state index contributed by atoms with van der Waals surface area (Å²) in [6.07, 6.45) is 4.36. The maximum absolute atomic E-state index is 11.9. The van der Waals surface area contributed by atoms with E-state index in [0.29, 0.717) is 16.7 Å². The summed E-state index contributed by atoms with van der Waals surface area (Å²) in [6.45, 7) is 3.40. The molecule has 0 bridgehead atoms. The first-order chi connectivity index (χ1) is 9.08. The van der Waals surface area contributed by atoms with Crippen LogP contribution in [-0.4, -0.2) is 32.0 Å². The topological polar surface area (TPSA) is 64.7 Å². The Hall–Kier alpha value is -1.63. The van der Waals surface area contributed by atoms with E-state index in [1.807, 2.05) is 17.7 Å². The number of aryl methyl sites for hydroxylation is 3. The molecule has 1 amide bonds. The second-order valence-electron chi connectivity index (χ2n) is 4.30. The fourth-order valence-corrected chi connectivity index (χ4v) is 2.32. The third-order valence-corrected chi connectivity index (χ3v) is 3.34. The molecule has 2 aromatic heterocycles. The van der Waals surface area contributed by atoms with E-state index < -0.39 is 0 Å². The second kappa shape index (κ2) is 6.01. The van der Waals surface area contributed by atoms with Crippen LogP contribution >= 0.6 is 15.9 Å². The van der Waals surface area contributed by atoms with Crippen molar-refractivity contribution in [2.24, 2.45) is 7.05 Å². The Bertz CT molecular complexity index is 574. The molecule has 0 aliphatic carbocycles. The average molecular weight is 326 g/mol. The maximum atomic E-state index is 11.9. The first-order valence-corrected chi connectivity index (χ1v) is 6.83. The summed E-state index contributed by atoms with van der Waals surface area (Å²) in [5.74, 6) is -0.162. The van der Waals surface area contributed by atoms with Gasteiger partial charge in [-0.3, -0.25) is 14.2 Å². The van der Waals surface area contributed by atoms with Gasteiger partial charge in [0.25, 0.3) is 5.91 Å². The van der Waals surface area contributed by atoms with E-state index >= 15 is 0 Å². The Morgan fingerprint density at radius 3 is 2.89 bits per heavy atom. The van der Waals surface area contributed by atoms with E-state index in [1.54, 1.807) is 24.1 Å². The van der Waals surface area contributed by atoms with Crippen LogP contribution in [-0.2, 0) is 13.6 Å². The molecule has 0 spiro atoms. The molecule has 0 saturated heterocycles. The lowest BCUT2D eigenvalue weighted by molar-refractivity contribution is 0.0946. The van der Waals surface area contributed by atoms with Crippen LogP contribution in [0.4, 0.5) is 0 Å². The number of amides is 1. The van der Waals surface area contributed by atoms with E-state index in [0.717, 1.165) is 18.7 Å². The number of halogens is 1. The molecule has 2 heterocycles. The molecular weight excluding hydrogens is 310 g/mol. The van der Waals surface area contributed by atoms with Gasteiger partial charge in [0.1, 0.15) is 0 Å². The highest BCUT2D eigenvalue weighted by atomic mass is 79.9. The highest BCUT2D eigenvalue weighted by molar-refractivity contribution is 9.10. The van der Waals surface area contributed by atoms with Gasteiger partial charge in [-0.15, -0.1) is 0 Å². The van der Waals surface area contributed by atoms with Crippen molar-refractivity contribution in [2.75, 3.05) is 6.54 Å². The predicted octanol–water partition coefficient (Wildman–Crippen LogP) is 1.51. The van der Waals surface area contributed by atoms with Gasteiger partial charge in [-0.05, 0) is 35.3 Å². The predicted molar refractivity (Wildman–Crippen MR) is 74.8 cm³/mol. The number of carbonyl (C=O) groups is 1. The van der Waals surface area contributed by atoms with E-state index in [1.165, 1.54) is 0 Å². The van der Waals surface area contributed by atoms with Crippen molar-refractivity contribution in [1.29, 1.82) is 0 Å². The zero-order valence-corrected chi connectivity index (χ0v) is 12.5. The summed E-state index contributed by atoms with van der Waals surface area (Å²) < 4.78 is 4.23. The minimum Gasteiger partial charge on any atom is -0.351 e. The fourth-order valence-electron chi connectivity index (χ4n) is 1.76. The van der Waals surface area contributed by atoms with Gasteiger partial charge in [-0.2, -0.15) is 10.2 Å². The van der Waals surface area contributed by atoms with E-state index in [2.05, 4.69) is 31.4 Å². The highest BCUT2D eigenvalue weighted by Gasteiger charge is 2.13. The molecule has 102 valence electrons. The van der Waals surface area contributed by atoms with Crippen molar-refractivity contribution < 1.29 is 4.79 Å². The standard InChI is InChI=1S/C12H16BrN5O/c1-9-4-6-15-18(9)7-3-5-14-12(19)11-10(13)8-17(2)16-11/h4,6,8H,3,5,7H2,1-2H3,(H,14,19). The minimum atomic E-state index is -0.162. The monoisotopic (exact) mass is 325 g/mol. The van der Waals surface area contributed by atoms with Gasteiger partial charge in [0, 0.05) is 38.2 Å². The Morgan fingerprint density at radius 1 is 1.53 bits per heavy atom. The number of carbonyl (C=O) groups excluding carboxylic acids is 1. The lowest BCUT2D eigenvalue weighted by Crippen LogP contribution is -2.26. The maximum Gasteiger partial charge on any atom is 0.272 e. The molecule has 2 rings (SSSR count). The summed E-state index contributed by atoms with van der Waals surface area (Å²) in [7, 11) is 1.78. The molecule has 0 aliphatic rings. The third kappa shape index (κ3) is 3.44. The van der Waals surface area contributed by atoms with Gasteiger partial charge in [-0.25, -0.2) is 0 Å². The van der Waals surface area contributed by atoms with Crippen LogP contribution < -0.4 is 5.32 Å². The van der Waals surface area contributed by atoms with E-state index in [4.69, 9.17) is 0 Å². The summed E-state index contributed by atoms with van der Waals surface area (Å²) in [5.41, 5.74) is 1.54. The van der Waals surface area contributed by atoms with E-state index in [9.17, 15) is 4.79 Å². The van der Waals surface area contributed by atoms with Crippen molar-refractivity contribution >= 4 is 21.8 Å². The quantitative estimate of drug-likeness (QED) is 0.847. The van der Waals surface area contributed by atoms with Gasteiger partial charge in [-0.1, -0.05) is 0 Å². The molecule has 7 heteroatoms. The number of hydrogen-bond donors (Lipinski definition) is 1. The minimum absolute atomic E-state index is 0.162. The smallest absolute Gasteiger partial charge is 0.272 e. The number of hydrogen-bond acceptors (Lipinski definition) is 3. The molecule has 0 radical (unpaired) electrons. The number of rotatable bonds is 5. The molecule has 0 atom stereocenters. The average Bonchev–Trinajstić information content (AvgIpc) is 2.91. The third-order valence-electron chi connectivity index (χ3n) is 2.76. The first-order valence-electron chi connectivity index (χ1n) is 6.03. The molecule has 0 aromatic carbocycles. The van der Waals surface area contributed by atoms with Gasteiger partial charge < -0.3 is 5.32 Å². The van der Waals surface area contributed by atoms with Crippen molar-refractivity contribution in [3.05, 3.63) is 34.3 Å². The second-order valence-corrected chi connectivity index (χ2v) is 5.16. The first kappa shape index (κ1) is 13.8. The molecule has 0 fully saturated rings. The number of aromatic nitrogens is 4. The lowest BCUT2D eigenvalue weighted by atomic mass is 10.3. The van der Waals surface area contributed by atoms with Crippen LogP contribution in [0.2, 0.25) is 0 Å². The molecule has 1 N–H and O–H groups in total. The summed E-state index contributed by atoms with van der Waals surface area (Å²) in [5, 5.41) is 11.1. The SMILES string of the molecule is Cc1ccnn1CCCNC(=O)c1nn(C)cc1Br. The zero-order valence-electron chi connectivity index (χ0n) is 10.9.